The predicted octanol–water partition coefficient (Wildman–Crippen LogP) is 3.50. The fourth-order valence-electron chi connectivity index (χ4n) is 1.31. The van der Waals surface area contributed by atoms with Crippen molar-refractivity contribution in [2.45, 2.75) is 26.2 Å². The molecule has 0 aliphatic heterocycles. The molecule has 0 aliphatic rings. The monoisotopic (exact) mass is 291 g/mol. The topological polar surface area (TPSA) is 63.4 Å². The number of nitro benzene ring substituents is 1. The number of phenolic OH excluding ortho intramolecular Hbond substituents is 1. The summed E-state index contributed by atoms with van der Waals surface area (Å²) in [7, 11) is 0. The lowest BCUT2D eigenvalue weighted by molar-refractivity contribution is -0.387. The van der Waals surface area contributed by atoms with E-state index >= 15 is 0 Å². The molecule has 0 bridgehead atoms. The molecular weight excluding hydrogens is 281 g/mol. The van der Waals surface area contributed by atoms with Crippen molar-refractivity contribution >= 4 is 21.6 Å². The summed E-state index contributed by atoms with van der Waals surface area (Å²) in [5, 5.41) is 20.3. The van der Waals surface area contributed by atoms with Crippen LogP contribution < -0.4 is 0 Å². The van der Waals surface area contributed by atoms with E-state index < -0.39 is 21.8 Å². The minimum atomic E-state index is -1.06. The molecule has 0 amide bonds. The molecule has 1 aromatic rings. The third kappa shape index (κ3) is 2.16. The lowest BCUT2D eigenvalue weighted by Gasteiger charge is -2.20. The zero-order valence-corrected chi connectivity index (χ0v) is 10.6. The molecule has 4 nitrogen and oxygen atoms in total. The van der Waals surface area contributed by atoms with E-state index in [0.717, 1.165) is 6.07 Å². The van der Waals surface area contributed by atoms with Crippen molar-refractivity contribution in [2.24, 2.45) is 0 Å². The van der Waals surface area contributed by atoms with Crippen LogP contribution in [0.1, 0.15) is 26.3 Å². The summed E-state index contributed by atoms with van der Waals surface area (Å²) in [6.07, 6.45) is 0. The number of halogens is 2. The molecule has 1 aromatic carbocycles. The Kier molecular flexibility index (Phi) is 3.23. The number of hydrogen-bond acceptors (Lipinski definition) is 3. The van der Waals surface area contributed by atoms with Crippen LogP contribution in [0, 0.1) is 15.9 Å². The average molecular weight is 292 g/mol. The molecule has 0 saturated heterocycles. The highest BCUT2D eigenvalue weighted by Crippen LogP contribution is 2.41. The maximum absolute atomic E-state index is 13.4. The van der Waals surface area contributed by atoms with Crippen molar-refractivity contribution in [3.05, 3.63) is 32.0 Å². The van der Waals surface area contributed by atoms with Crippen molar-refractivity contribution in [3.8, 4) is 5.75 Å². The van der Waals surface area contributed by atoms with Crippen LogP contribution in [0.25, 0.3) is 0 Å². The number of rotatable bonds is 1. The van der Waals surface area contributed by atoms with Crippen LogP contribution in [-0.2, 0) is 5.41 Å². The maximum Gasteiger partial charge on any atom is 0.306 e. The first kappa shape index (κ1) is 12.9. The first-order valence-corrected chi connectivity index (χ1v) is 5.31. The molecule has 0 radical (unpaired) electrons. The minimum absolute atomic E-state index is 0.272. The molecule has 0 aromatic heterocycles. The van der Waals surface area contributed by atoms with Gasteiger partial charge in [0.15, 0.2) is 0 Å². The van der Waals surface area contributed by atoms with Crippen LogP contribution in [0.15, 0.2) is 10.5 Å². The number of nitro groups is 1. The van der Waals surface area contributed by atoms with Crippen LogP contribution in [0.5, 0.6) is 5.75 Å². The molecule has 0 heterocycles. The third-order valence-electron chi connectivity index (χ3n) is 2.17. The summed E-state index contributed by atoms with van der Waals surface area (Å²) in [5.74, 6) is -1.36. The van der Waals surface area contributed by atoms with Crippen molar-refractivity contribution in [3.63, 3.8) is 0 Å². The Balaban J connectivity index is 3.61. The van der Waals surface area contributed by atoms with Gasteiger partial charge in [0.05, 0.1) is 4.92 Å². The molecule has 88 valence electrons. The maximum atomic E-state index is 13.4. The van der Waals surface area contributed by atoms with Crippen LogP contribution >= 0.6 is 15.9 Å². The number of aromatic hydroxyl groups is 1. The summed E-state index contributed by atoms with van der Waals surface area (Å²) in [5.41, 5.74) is -0.826. The van der Waals surface area contributed by atoms with E-state index in [1.165, 1.54) is 0 Å². The van der Waals surface area contributed by atoms with Gasteiger partial charge in [-0.3, -0.25) is 10.1 Å². The van der Waals surface area contributed by atoms with Gasteiger partial charge >= 0.3 is 5.69 Å². The zero-order valence-electron chi connectivity index (χ0n) is 9.04. The fourth-order valence-corrected chi connectivity index (χ4v) is 1.72. The van der Waals surface area contributed by atoms with Gasteiger partial charge in [-0.05, 0) is 21.3 Å². The predicted molar refractivity (Wildman–Crippen MR) is 61.1 cm³/mol. The van der Waals surface area contributed by atoms with Crippen LogP contribution in [0.2, 0.25) is 0 Å². The minimum Gasteiger partial charge on any atom is -0.506 e. The molecule has 6 heteroatoms. The lowest BCUT2D eigenvalue weighted by Crippen LogP contribution is -2.12. The number of benzene rings is 1. The van der Waals surface area contributed by atoms with Gasteiger partial charge in [0.25, 0.3) is 0 Å². The number of phenols is 1. The Labute approximate surface area is 100 Å². The van der Waals surface area contributed by atoms with Gasteiger partial charge in [0, 0.05) is 11.6 Å². The van der Waals surface area contributed by atoms with Gasteiger partial charge < -0.3 is 5.11 Å². The molecule has 1 rings (SSSR count). The molecule has 0 aliphatic carbocycles. The average Bonchev–Trinajstić information content (AvgIpc) is 2.11. The van der Waals surface area contributed by atoms with Gasteiger partial charge in [0.1, 0.15) is 10.2 Å². The molecule has 1 N–H and O–H groups in total. The summed E-state index contributed by atoms with van der Waals surface area (Å²) >= 11 is 2.81. The van der Waals surface area contributed by atoms with Crippen LogP contribution in [0.4, 0.5) is 10.1 Å². The van der Waals surface area contributed by atoms with E-state index in [1.807, 2.05) is 0 Å². The van der Waals surface area contributed by atoms with Gasteiger partial charge in [-0.25, -0.2) is 0 Å². The largest absolute Gasteiger partial charge is 0.506 e. The molecule has 0 atom stereocenters. The van der Waals surface area contributed by atoms with E-state index in [0.29, 0.717) is 5.56 Å². The first-order valence-electron chi connectivity index (χ1n) is 4.52. The molecule has 16 heavy (non-hydrogen) atoms. The molecule has 0 unspecified atom stereocenters. The van der Waals surface area contributed by atoms with Gasteiger partial charge in [0.2, 0.25) is 5.82 Å². The Bertz CT molecular complexity index is 454. The summed E-state index contributed by atoms with van der Waals surface area (Å²) in [6, 6.07) is 1.06. The lowest BCUT2D eigenvalue weighted by atomic mass is 9.86. The Morgan fingerprint density at radius 3 is 2.38 bits per heavy atom. The Hall–Kier alpha value is -1.17. The highest BCUT2D eigenvalue weighted by atomic mass is 79.9. The summed E-state index contributed by atoms with van der Waals surface area (Å²) < 4.78 is 13.2. The van der Waals surface area contributed by atoms with Crippen molar-refractivity contribution < 1.29 is 14.4 Å². The fraction of sp³-hybridized carbons (Fsp3) is 0.400. The third-order valence-corrected chi connectivity index (χ3v) is 2.89. The second-order valence-corrected chi connectivity index (χ2v) is 5.22. The van der Waals surface area contributed by atoms with E-state index in [1.54, 1.807) is 20.8 Å². The Morgan fingerprint density at radius 2 is 2.00 bits per heavy atom. The quantitative estimate of drug-likeness (QED) is 0.636. The molecule has 0 spiro atoms. The summed E-state index contributed by atoms with van der Waals surface area (Å²) in [6.45, 7) is 5.32. The highest BCUT2D eigenvalue weighted by Gasteiger charge is 2.28. The van der Waals surface area contributed by atoms with Crippen molar-refractivity contribution in [1.29, 1.82) is 0 Å². The van der Waals surface area contributed by atoms with E-state index in [2.05, 4.69) is 15.9 Å². The second kappa shape index (κ2) is 4.01. The number of hydrogen-bond donors (Lipinski definition) is 1. The highest BCUT2D eigenvalue weighted by molar-refractivity contribution is 9.10. The first-order chi connectivity index (χ1) is 7.16. The molecular formula is C10H11BrFNO3. The standard InChI is InChI=1S/C10H11BrFNO3/c1-10(2,3)5-4-6(13(15)16)8(12)7(11)9(5)14/h4,14H,1-3H3. The number of nitrogens with zero attached hydrogens (tertiary/aromatic N) is 1. The SMILES string of the molecule is CC(C)(C)c1cc([N+](=O)[O-])c(F)c(Br)c1O. The van der Waals surface area contributed by atoms with Gasteiger partial charge in [-0.15, -0.1) is 0 Å². The van der Waals surface area contributed by atoms with Gasteiger partial charge in [-0.2, -0.15) is 4.39 Å². The normalized spacial score (nSPS) is 11.6. The smallest absolute Gasteiger partial charge is 0.306 e. The van der Waals surface area contributed by atoms with E-state index in [-0.39, 0.29) is 10.2 Å². The van der Waals surface area contributed by atoms with Gasteiger partial charge in [-0.1, -0.05) is 20.8 Å². The zero-order chi connectivity index (χ0) is 12.7. The molecule has 0 saturated carbocycles. The molecule has 0 fully saturated rings. The Morgan fingerprint density at radius 1 is 1.50 bits per heavy atom. The van der Waals surface area contributed by atoms with Crippen LogP contribution in [0.3, 0.4) is 0 Å². The second-order valence-electron chi connectivity index (χ2n) is 4.43. The summed E-state index contributed by atoms with van der Waals surface area (Å²) in [4.78, 5) is 9.82. The van der Waals surface area contributed by atoms with Crippen molar-refractivity contribution in [1.82, 2.24) is 0 Å². The van der Waals surface area contributed by atoms with E-state index in [9.17, 15) is 19.6 Å². The van der Waals surface area contributed by atoms with E-state index in [4.69, 9.17) is 0 Å². The van der Waals surface area contributed by atoms with Crippen LogP contribution in [-0.4, -0.2) is 10.0 Å². The van der Waals surface area contributed by atoms with Crippen molar-refractivity contribution in [2.75, 3.05) is 0 Å².